The maximum atomic E-state index is 12.3. The lowest BCUT2D eigenvalue weighted by molar-refractivity contribution is -0.118. The third-order valence-electron chi connectivity index (χ3n) is 4.09. The summed E-state index contributed by atoms with van der Waals surface area (Å²) in [5.41, 5.74) is 1.47. The summed E-state index contributed by atoms with van der Waals surface area (Å²) in [5, 5.41) is 2.70. The Bertz CT molecular complexity index is 829. The van der Waals surface area contributed by atoms with Crippen LogP contribution in [-0.2, 0) is 9.53 Å². The number of rotatable bonds is 8. The second-order valence-electron chi connectivity index (χ2n) is 5.91. The molecule has 0 saturated heterocycles. The number of carbonyl (C=O) groups is 3. The van der Waals surface area contributed by atoms with E-state index in [0.29, 0.717) is 35.7 Å². The minimum absolute atomic E-state index is 0.0447. The van der Waals surface area contributed by atoms with Gasteiger partial charge in [-0.05, 0) is 56.3 Å². The third-order valence-corrected chi connectivity index (χ3v) is 4.09. The summed E-state index contributed by atoms with van der Waals surface area (Å²) in [6.45, 7) is 4.92. The predicted molar refractivity (Wildman–Crippen MR) is 106 cm³/mol. The molecule has 0 heterocycles. The number of carbonyl (C=O) groups excluding carboxylic acids is 3. The number of benzene rings is 2. The number of hydrogen-bond acceptors (Lipinski definition) is 5. The number of nitrogens with zero attached hydrogens (tertiary/aromatic N) is 1. The van der Waals surface area contributed by atoms with Crippen molar-refractivity contribution in [2.75, 3.05) is 32.1 Å². The van der Waals surface area contributed by atoms with Crippen molar-refractivity contribution in [2.24, 2.45) is 0 Å². The van der Waals surface area contributed by atoms with Crippen molar-refractivity contribution in [2.45, 2.75) is 13.8 Å². The fourth-order valence-corrected chi connectivity index (χ4v) is 2.57. The Labute approximate surface area is 164 Å². The number of esters is 1. The van der Waals surface area contributed by atoms with E-state index in [1.165, 1.54) is 13.2 Å². The van der Waals surface area contributed by atoms with E-state index in [9.17, 15) is 14.4 Å². The molecule has 1 N–H and O–H groups in total. The van der Waals surface area contributed by atoms with Gasteiger partial charge in [-0.3, -0.25) is 9.59 Å². The summed E-state index contributed by atoms with van der Waals surface area (Å²) in [7, 11) is 1.30. The van der Waals surface area contributed by atoms with E-state index in [1.54, 1.807) is 47.4 Å². The molecule has 0 aliphatic rings. The van der Waals surface area contributed by atoms with Crippen molar-refractivity contribution in [1.29, 1.82) is 0 Å². The zero-order valence-electron chi connectivity index (χ0n) is 16.2. The van der Waals surface area contributed by atoms with Crippen molar-refractivity contribution < 1.29 is 23.9 Å². The van der Waals surface area contributed by atoms with Crippen molar-refractivity contribution in [3.8, 4) is 5.75 Å². The molecular weight excluding hydrogens is 360 g/mol. The Balaban J connectivity index is 1.91. The second-order valence-corrected chi connectivity index (χ2v) is 5.91. The average molecular weight is 384 g/mol. The van der Waals surface area contributed by atoms with Gasteiger partial charge in [-0.25, -0.2) is 4.79 Å². The van der Waals surface area contributed by atoms with Gasteiger partial charge in [0.15, 0.2) is 6.61 Å². The van der Waals surface area contributed by atoms with Gasteiger partial charge < -0.3 is 19.7 Å². The molecule has 0 aliphatic heterocycles. The van der Waals surface area contributed by atoms with Crippen LogP contribution in [0.1, 0.15) is 34.6 Å². The maximum Gasteiger partial charge on any atom is 0.337 e. The molecule has 0 spiro atoms. The largest absolute Gasteiger partial charge is 0.484 e. The first kappa shape index (κ1) is 21.0. The molecule has 0 radical (unpaired) electrons. The Morgan fingerprint density at radius 1 is 0.964 bits per heavy atom. The van der Waals surface area contributed by atoms with Gasteiger partial charge in [-0.15, -0.1) is 0 Å². The highest BCUT2D eigenvalue weighted by Crippen LogP contribution is 2.15. The molecule has 0 fully saturated rings. The lowest BCUT2D eigenvalue weighted by Crippen LogP contribution is -2.30. The predicted octanol–water partition coefficient (Wildman–Crippen LogP) is 2.97. The number of nitrogens with one attached hydrogen (secondary N) is 1. The number of hydrogen-bond donors (Lipinski definition) is 1. The highest BCUT2D eigenvalue weighted by atomic mass is 16.5. The summed E-state index contributed by atoms with van der Waals surface area (Å²) in [6.07, 6.45) is 0. The first-order valence-corrected chi connectivity index (χ1v) is 8.98. The molecule has 0 atom stereocenters. The topological polar surface area (TPSA) is 84.9 Å². The Morgan fingerprint density at radius 2 is 1.64 bits per heavy atom. The van der Waals surface area contributed by atoms with Crippen LogP contribution in [0.25, 0.3) is 0 Å². The van der Waals surface area contributed by atoms with Crippen LogP contribution in [0.5, 0.6) is 5.75 Å². The zero-order valence-corrected chi connectivity index (χ0v) is 16.2. The van der Waals surface area contributed by atoms with E-state index in [1.807, 2.05) is 13.8 Å². The third kappa shape index (κ3) is 5.57. The molecule has 7 nitrogen and oxygen atoms in total. The SMILES string of the molecule is CCN(CC)C(=O)c1ccc(NC(=O)COc2cccc(C(=O)OC)c2)cc1. The van der Waals surface area contributed by atoms with Crippen LogP contribution in [0, 0.1) is 0 Å². The molecule has 2 rings (SSSR count). The normalized spacial score (nSPS) is 10.1. The zero-order chi connectivity index (χ0) is 20.5. The fourth-order valence-electron chi connectivity index (χ4n) is 2.57. The van der Waals surface area contributed by atoms with Crippen LogP contribution < -0.4 is 10.1 Å². The molecule has 2 amide bonds. The molecule has 0 aliphatic carbocycles. The summed E-state index contributed by atoms with van der Waals surface area (Å²) in [5.74, 6) is -0.490. The minimum Gasteiger partial charge on any atom is -0.484 e. The monoisotopic (exact) mass is 384 g/mol. The summed E-state index contributed by atoms with van der Waals surface area (Å²) >= 11 is 0. The molecule has 0 unspecified atom stereocenters. The molecule has 28 heavy (non-hydrogen) atoms. The van der Waals surface area contributed by atoms with Crippen LogP contribution in [0.3, 0.4) is 0 Å². The number of ether oxygens (including phenoxy) is 2. The van der Waals surface area contributed by atoms with E-state index < -0.39 is 5.97 Å². The number of amides is 2. The highest BCUT2D eigenvalue weighted by molar-refractivity contribution is 5.96. The minimum atomic E-state index is -0.478. The molecule has 7 heteroatoms. The molecule has 0 bridgehead atoms. The average Bonchev–Trinajstić information content (AvgIpc) is 2.73. The molecular formula is C21H24N2O5. The van der Waals surface area contributed by atoms with Crippen LogP contribution in [0.15, 0.2) is 48.5 Å². The molecule has 2 aromatic rings. The van der Waals surface area contributed by atoms with Gasteiger partial charge in [0, 0.05) is 24.3 Å². The van der Waals surface area contributed by atoms with E-state index in [2.05, 4.69) is 10.1 Å². The van der Waals surface area contributed by atoms with Crippen LogP contribution in [0.4, 0.5) is 5.69 Å². The van der Waals surface area contributed by atoms with Gasteiger partial charge in [-0.1, -0.05) is 6.07 Å². The molecule has 0 aromatic heterocycles. The standard InChI is InChI=1S/C21H24N2O5/c1-4-23(5-2)20(25)15-9-11-17(12-10-15)22-19(24)14-28-18-8-6-7-16(13-18)21(26)27-3/h6-13H,4-5,14H2,1-3H3,(H,22,24). The van der Waals surface area contributed by atoms with E-state index >= 15 is 0 Å². The van der Waals surface area contributed by atoms with Gasteiger partial charge in [0.1, 0.15) is 5.75 Å². The van der Waals surface area contributed by atoms with Crippen LogP contribution in [0.2, 0.25) is 0 Å². The molecule has 148 valence electrons. The maximum absolute atomic E-state index is 12.3. The van der Waals surface area contributed by atoms with Gasteiger partial charge in [0.2, 0.25) is 0 Å². The van der Waals surface area contributed by atoms with Crippen molar-refractivity contribution >= 4 is 23.5 Å². The Morgan fingerprint density at radius 3 is 2.25 bits per heavy atom. The summed E-state index contributed by atoms with van der Waals surface area (Å²) in [4.78, 5) is 37.6. The van der Waals surface area contributed by atoms with Crippen molar-refractivity contribution in [3.63, 3.8) is 0 Å². The van der Waals surface area contributed by atoms with Crippen molar-refractivity contribution in [3.05, 3.63) is 59.7 Å². The van der Waals surface area contributed by atoms with E-state index in [4.69, 9.17) is 4.74 Å². The van der Waals surface area contributed by atoms with Gasteiger partial charge in [0.05, 0.1) is 12.7 Å². The Hall–Kier alpha value is -3.35. The number of methoxy groups -OCH3 is 1. The van der Waals surface area contributed by atoms with Gasteiger partial charge in [0.25, 0.3) is 11.8 Å². The van der Waals surface area contributed by atoms with Crippen molar-refractivity contribution in [1.82, 2.24) is 4.90 Å². The van der Waals surface area contributed by atoms with Crippen LogP contribution in [-0.4, -0.2) is 49.5 Å². The van der Waals surface area contributed by atoms with Gasteiger partial charge in [-0.2, -0.15) is 0 Å². The highest BCUT2D eigenvalue weighted by Gasteiger charge is 2.12. The van der Waals surface area contributed by atoms with E-state index in [-0.39, 0.29) is 18.4 Å². The quantitative estimate of drug-likeness (QED) is 0.708. The molecule has 2 aromatic carbocycles. The lowest BCUT2D eigenvalue weighted by Gasteiger charge is -2.18. The Kier molecular flexibility index (Phi) is 7.56. The number of anilines is 1. The van der Waals surface area contributed by atoms with Crippen LogP contribution >= 0.6 is 0 Å². The molecule has 0 saturated carbocycles. The van der Waals surface area contributed by atoms with E-state index in [0.717, 1.165) is 0 Å². The second kappa shape index (κ2) is 10.1. The fraction of sp³-hybridized carbons (Fsp3) is 0.286. The smallest absolute Gasteiger partial charge is 0.337 e. The lowest BCUT2D eigenvalue weighted by atomic mass is 10.2. The van der Waals surface area contributed by atoms with Gasteiger partial charge >= 0.3 is 5.97 Å². The first-order valence-electron chi connectivity index (χ1n) is 8.98. The first-order chi connectivity index (χ1) is 13.5. The summed E-state index contributed by atoms with van der Waals surface area (Å²) < 4.78 is 10.1. The summed E-state index contributed by atoms with van der Waals surface area (Å²) in [6, 6.07) is 13.1.